The SMILES string of the molecule is O=C(O)N1CCC(Oc2ccc(S(=O)(=O)Nc3ncnc4cc(N5CCN(Cc6ccccc6-c6ccccc6)CC5)ccc34)cc2[N+](=O)[O-])CC1. The van der Waals surface area contributed by atoms with Crippen LogP contribution in [-0.2, 0) is 16.6 Å². The number of carbonyl (C=O) groups is 1. The van der Waals surface area contributed by atoms with Crippen molar-refractivity contribution in [1.82, 2.24) is 19.8 Å². The maximum atomic E-state index is 13.5. The van der Waals surface area contributed by atoms with Gasteiger partial charge in [-0.3, -0.25) is 19.7 Å². The molecule has 2 aliphatic heterocycles. The molecule has 0 bridgehead atoms. The molecule has 0 saturated carbocycles. The predicted molar refractivity (Wildman–Crippen MR) is 196 cm³/mol. The Morgan fingerprint density at radius 3 is 2.37 bits per heavy atom. The van der Waals surface area contributed by atoms with Crippen molar-refractivity contribution in [3.8, 4) is 16.9 Å². The molecule has 52 heavy (non-hydrogen) atoms. The van der Waals surface area contributed by atoms with Crippen molar-refractivity contribution in [3.63, 3.8) is 0 Å². The van der Waals surface area contributed by atoms with Gasteiger partial charge in [-0.15, -0.1) is 0 Å². The lowest BCUT2D eigenvalue weighted by molar-refractivity contribution is -0.386. The molecule has 0 unspecified atom stereocenters. The number of fused-ring (bicyclic) bond motifs is 1. The summed E-state index contributed by atoms with van der Waals surface area (Å²) in [6, 6.07) is 27.9. The molecular weight excluding hydrogens is 687 g/mol. The molecule has 2 fully saturated rings. The molecule has 2 N–H and O–H groups in total. The smallest absolute Gasteiger partial charge is 0.407 e. The number of rotatable bonds is 10. The summed E-state index contributed by atoms with van der Waals surface area (Å²) >= 11 is 0. The number of hydrogen-bond acceptors (Lipinski definition) is 10. The van der Waals surface area contributed by atoms with Crippen LogP contribution in [0, 0.1) is 10.1 Å². The van der Waals surface area contributed by atoms with E-state index in [9.17, 15) is 23.3 Å². The van der Waals surface area contributed by atoms with Crippen LogP contribution in [0.4, 0.5) is 22.0 Å². The molecule has 0 spiro atoms. The van der Waals surface area contributed by atoms with Gasteiger partial charge in [0.05, 0.1) is 15.3 Å². The number of nitrogens with zero attached hydrogens (tertiary/aromatic N) is 6. The summed E-state index contributed by atoms with van der Waals surface area (Å²) in [5, 5.41) is 21.6. The molecule has 1 aromatic heterocycles. The minimum Gasteiger partial charge on any atom is -0.483 e. The van der Waals surface area contributed by atoms with Crippen molar-refractivity contribution in [3.05, 3.63) is 113 Å². The van der Waals surface area contributed by atoms with Crippen molar-refractivity contribution >= 4 is 44.2 Å². The van der Waals surface area contributed by atoms with Crippen molar-refractivity contribution in [2.75, 3.05) is 48.9 Å². The lowest BCUT2D eigenvalue weighted by Gasteiger charge is -2.36. The number of amides is 1. The van der Waals surface area contributed by atoms with Gasteiger partial charge in [0.25, 0.3) is 10.0 Å². The van der Waals surface area contributed by atoms with Crippen LogP contribution in [0.2, 0.25) is 0 Å². The molecule has 2 saturated heterocycles. The molecule has 0 atom stereocenters. The fraction of sp³-hybridized carbons (Fsp3) is 0.270. The van der Waals surface area contributed by atoms with Gasteiger partial charge in [-0.1, -0.05) is 54.6 Å². The van der Waals surface area contributed by atoms with Crippen LogP contribution in [0.15, 0.2) is 102 Å². The minimum atomic E-state index is -4.30. The van der Waals surface area contributed by atoms with Gasteiger partial charge < -0.3 is 19.6 Å². The molecule has 1 amide bonds. The third-order valence-electron chi connectivity index (χ3n) is 9.53. The van der Waals surface area contributed by atoms with E-state index in [4.69, 9.17) is 9.84 Å². The maximum absolute atomic E-state index is 13.5. The number of ether oxygens (including phenoxy) is 1. The fourth-order valence-corrected chi connectivity index (χ4v) is 7.77. The molecule has 0 radical (unpaired) electrons. The Bertz CT molecular complexity index is 2210. The van der Waals surface area contributed by atoms with Gasteiger partial charge in [-0.25, -0.2) is 23.2 Å². The number of benzene rings is 4. The second-order valence-electron chi connectivity index (χ2n) is 12.8. The Kier molecular flexibility index (Phi) is 9.87. The molecule has 3 heterocycles. The number of anilines is 2. The standard InChI is InChI=1S/C37H37N7O7S/c45-37(46)43-16-14-29(15-17-43)51-35-13-11-30(23-34(35)44(47)48)52(49,50)40-36-32-12-10-28(22-33(32)38-25-39-36)42-20-18-41(19-21-42)24-27-8-4-5-9-31(27)26-6-2-1-3-7-26/h1-13,22-23,25,29H,14-21,24H2,(H,45,46)(H,38,39,40). The van der Waals surface area contributed by atoms with Crippen LogP contribution >= 0.6 is 0 Å². The van der Waals surface area contributed by atoms with E-state index in [2.05, 4.69) is 73.0 Å². The summed E-state index contributed by atoms with van der Waals surface area (Å²) < 4.78 is 35.3. The number of piperidine rings is 1. The van der Waals surface area contributed by atoms with Gasteiger partial charge in [-0.2, -0.15) is 0 Å². The molecule has 7 rings (SSSR count). The number of sulfonamides is 1. The summed E-state index contributed by atoms with van der Waals surface area (Å²) in [6.45, 7) is 4.68. The molecule has 14 nitrogen and oxygen atoms in total. The van der Waals surface area contributed by atoms with Crippen LogP contribution in [0.3, 0.4) is 0 Å². The van der Waals surface area contributed by atoms with Crippen LogP contribution in [0.25, 0.3) is 22.0 Å². The van der Waals surface area contributed by atoms with Crippen LogP contribution < -0.4 is 14.4 Å². The second kappa shape index (κ2) is 14.8. The normalized spacial score (nSPS) is 15.8. The number of piperazine rings is 1. The number of nitro benzene ring substituents is 1. The van der Waals surface area contributed by atoms with Gasteiger partial charge in [0.15, 0.2) is 11.6 Å². The zero-order valence-corrected chi connectivity index (χ0v) is 29.0. The van der Waals surface area contributed by atoms with E-state index in [-0.39, 0.29) is 29.6 Å². The molecule has 2 aliphatic rings. The number of aromatic nitrogens is 2. The first-order chi connectivity index (χ1) is 25.1. The quantitative estimate of drug-likeness (QED) is 0.131. The highest BCUT2D eigenvalue weighted by Gasteiger charge is 2.28. The molecule has 268 valence electrons. The Hall–Kier alpha value is -5.80. The van der Waals surface area contributed by atoms with Gasteiger partial charge in [0.1, 0.15) is 12.4 Å². The van der Waals surface area contributed by atoms with Gasteiger partial charge in [0.2, 0.25) is 0 Å². The van der Waals surface area contributed by atoms with Crippen LogP contribution in [0.5, 0.6) is 5.75 Å². The first-order valence-electron chi connectivity index (χ1n) is 17.0. The highest BCUT2D eigenvalue weighted by atomic mass is 32.2. The van der Waals surface area contributed by atoms with Crippen molar-refractivity contribution in [2.24, 2.45) is 0 Å². The molecule has 5 aromatic rings. The minimum absolute atomic E-state index is 0.0478. The Labute approximate surface area is 300 Å². The van der Waals surface area contributed by atoms with Crippen LogP contribution in [-0.4, -0.2) is 89.7 Å². The highest BCUT2D eigenvalue weighted by Crippen LogP contribution is 2.34. The van der Waals surface area contributed by atoms with E-state index in [0.717, 1.165) is 44.5 Å². The number of hydrogen-bond donors (Lipinski definition) is 2. The molecule has 4 aromatic carbocycles. The van der Waals surface area contributed by atoms with E-state index in [1.54, 1.807) is 6.07 Å². The summed E-state index contributed by atoms with van der Waals surface area (Å²) in [7, 11) is -4.30. The molecule has 15 heteroatoms. The van der Waals surface area contributed by atoms with Crippen LogP contribution in [0.1, 0.15) is 18.4 Å². The van der Waals surface area contributed by atoms with E-state index >= 15 is 0 Å². The lowest BCUT2D eigenvalue weighted by atomic mass is 9.99. The summed E-state index contributed by atoms with van der Waals surface area (Å²) in [6.07, 6.45) is 0.511. The Morgan fingerprint density at radius 2 is 1.63 bits per heavy atom. The third kappa shape index (κ3) is 7.60. The van der Waals surface area contributed by atoms with E-state index in [0.29, 0.717) is 23.7 Å². The van der Waals surface area contributed by atoms with Crippen molar-refractivity contribution < 1.29 is 28.0 Å². The third-order valence-corrected chi connectivity index (χ3v) is 10.9. The summed E-state index contributed by atoms with van der Waals surface area (Å²) in [5.74, 6) is -0.0396. The van der Waals surface area contributed by atoms with Crippen molar-refractivity contribution in [2.45, 2.75) is 30.4 Å². The first kappa shape index (κ1) is 34.6. The second-order valence-corrected chi connectivity index (χ2v) is 14.5. The lowest BCUT2D eigenvalue weighted by Crippen LogP contribution is -2.46. The van der Waals surface area contributed by atoms with E-state index < -0.39 is 32.8 Å². The van der Waals surface area contributed by atoms with Gasteiger partial charge >= 0.3 is 11.8 Å². The largest absolute Gasteiger partial charge is 0.483 e. The average molecular weight is 724 g/mol. The highest BCUT2D eigenvalue weighted by molar-refractivity contribution is 7.92. The number of nitrogens with one attached hydrogen (secondary N) is 1. The van der Waals surface area contributed by atoms with Gasteiger partial charge in [-0.05, 0) is 47.0 Å². The Balaban J connectivity index is 1.02. The zero-order valence-electron chi connectivity index (χ0n) is 28.2. The fourth-order valence-electron chi connectivity index (χ4n) is 6.72. The summed E-state index contributed by atoms with van der Waals surface area (Å²) in [4.78, 5) is 36.7. The molecular formula is C37H37N7O7S. The zero-order chi connectivity index (χ0) is 36.2. The maximum Gasteiger partial charge on any atom is 0.407 e. The summed E-state index contributed by atoms with van der Waals surface area (Å²) in [5.41, 5.74) is 4.73. The topological polar surface area (TPSA) is 171 Å². The number of nitro groups is 1. The van der Waals surface area contributed by atoms with Crippen molar-refractivity contribution in [1.29, 1.82) is 0 Å². The first-order valence-corrected chi connectivity index (χ1v) is 18.4. The average Bonchev–Trinajstić information content (AvgIpc) is 3.16. The Morgan fingerprint density at radius 1 is 0.904 bits per heavy atom. The number of likely N-dealkylation sites (tertiary alicyclic amines) is 1. The van der Waals surface area contributed by atoms with E-state index in [1.165, 1.54) is 40.1 Å². The van der Waals surface area contributed by atoms with E-state index in [1.807, 2.05) is 18.2 Å². The number of carboxylic acid groups (broad SMARTS) is 1. The monoisotopic (exact) mass is 723 g/mol. The van der Waals surface area contributed by atoms with Gasteiger partial charge in [0, 0.05) is 75.8 Å². The predicted octanol–water partition coefficient (Wildman–Crippen LogP) is 5.85. The molecule has 0 aliphatic carbocycles.